The number of esters is 1. The molecule has 1 fully saturated rings. The molecule has 2 aromatic carbocycles. The van der Waals surface area contributed by atoms with Crippen LogP contribution in [0, 0.1) is 29.9 Å². The fourth-order valence-corrected chi connectivity index (χ4v) is 4.32. The Kier molecular flexibility index (Phi) is 7.09. The summed E-state index contributed by atoms with van der Waals surface area (Å²) in [5.74, 6) is -1.23. The molecule has 4 rings (SSSR count). The highest BCUT2D eigenvalue weighted by atomic mass is 16.6. The molecule has 10 heteroatoms. The first kappa shape index (κ1) is 23.9. The third kappa shape index (κ3) is 5.32. The molecule has 0 aliphatic carbocycles. The monoisotopic (exact) mass is 477 g/mol. The molecule has 10 nitrogen and oxygen atoms in total. The third-order valence-corrected chi connectivity index (χ3v) is 6.15. The minimum atomic E-state index is -0.436. The number of ether oxygens (including phenoxy) is 1. The second kappa shape index (κ2) is 10.4. The lowest BCUT2D eigenvalue weighted by Gasteiger charge is -2.32. The summed E-state index contributed by atoms with van der Waals surface area (Å²) >= 11 is 0. The lowest BCUT2D eigenvalue weighted by molar-refractivity contribution is -0.384. The van der Waals surface area contributed by atoms with Crippen molar-refractivity contribution in [2.75, 3.05) is 29.9 Å². The van der Waals surface area contributed by atoms with E-state index < -0.39 is 23.4 Å². The number of nitro groups is 1. The fraction of sp³-hybridized carbons (Fsp3) is 0.320. The van der Waals surface area contributed by atoms with Crippen molar-refractivity contribution < 1.29 is 19.2 Å². The number of aryl methyl sites for hydroxylation is 1. The van der Waals surface area contributed by atoms with Gasteiger partial charge in [-0.2, -0.15) is 5.10 Å². The maximum Gasteiger partial charge on any atom is 0.309 e. The number of amides is 1. The van der Waals surface area contributed by atoms with Crippen LogP contribution < -0.4 is 10.2 Å². The smallest absolute Gasteiger partial charge is 0.309 e. The number of hydrogen-bond donors (Lipinski definition) is 1. The molecule has 0 spiro atoms. The van der Waals surface area contributed by atoms with Crippen LogP contribution in [0.1, 0.15) is 24.2 Å². The van der Waals surface area contributed by atoms with Gasteiger partial charge in [-0.05, 0) is 44.9 Å². The molecule has 1 saturated heterocycles. The van der Waals surface area contributed by atoms with E-state index in [0.717, 1.165) is 11.4 Å². The van der Waals surface area contributed by atoms with E-state index in [0.29, 0.717) is 43.0 Å². The van der Waals surface area contributed by atoms with E-state index in [-0.39, 0.29) is 11.6 Å². The Balaban J connectivity index is 1.30. The van der Waals surface area contributed by atoms with E-state index in [2.05, 4.69) is 10.4 Å². The Bertz CT molecular complexity index is 1230. The number of carbonyl (C=O) groups excluding carboxylic acids is 2. The number of piperidine rings is 1. The maximum atomic E-state index is 12.6. The van der Waals surface area contributed by atoms with Crippen LogP contribution >= 0.6 is 0 Å². The van der Waals surface area contributed by atoms with Crippen molar-refractivity contribution in [3.05, 3.63) is 76.1 Å². The summed E-state index contributed by atoms with van der Waals surface area (Å²) in [5.41, 5.74) is 3.50. The first-order valence-electron chi connectivity index (χ1n) is 11.4. The van der Waals surface area contributed by atoms with Gasteiger partial charge in [-0.3, -0.25) is 19.7 Å². The molecule has 1 aliphatic rings. The van der Waals surface area contributed by atoms with Crippen LogP contribution in [0.4, 0.5) is 17.1 Å². The van der Waals surface area contributed by atoms with Gasteiger partial charge in [-0.1, -0.05) is 30.3 Å². The van der Waals surface area contributed by atoms with Gasteiger partial charge in [0.15, 0.2) is 6.61 Å². The normalized spacial score (nSPS) is 13.9. The first-order chi connectivity index (χ1) is 16.8. The largest absolute Gasteiger partial charge is 0.455 e. The Morgan fingerprint density at radius 2 is 1.74 bits per heavy atom. The highest BCUT2D eigenvalue weighted by molar-refractivity contribution is 5.94. The molecule has 0 radical (unpaired) electrons. The number of benzene rings is 2. The van der Waals surface area contributed by atoms with Crippen molar-refractivity contribution in [1.82, 2.24) is 9.78 Å². The number of nitrogens with zero attached hydrogens (tertiary/aromatic N) is 4. The number of hydrogen-bond acceptors (Lipinski definition) is 7. The van der Waals surface area contributed by atoms with Gasteiger partial charge in [0.1, 0.15) is 5.69 Å². The molecule has 0 bridgehead atoms. The van der Waals surface area contributed by atoms with Gasteiger partial charge < -0.3 is 15.0 Å². The molecule has 1 amide bonds. The molecule has 35 heavy (non-hydrogen) atoms. The molecule has 1 N–H and O–H groups in total. The second-order valence-electron chi connectivity index (χ2n) is 8.46. The van der Waals surface area contributed by atoms with Crippen LogP contribution in [0.2, 0.25) is 0 Å². The number of para-hydroxylation sites is 3. The zero-order valence-corrected chi connectivity index (χ0v) is 19.6. The average molecular weight is 478 g/mol. The SMILES string of the molecule is Cc1nn(-c2ccccc2)c(C)c1NC(=O)COC(=O)C1CCN(c2ccccc2[N+](=O)[O-])CC1. The Morgan fingerprint density at radius 3 is 2.43 bits per heavy atom. The van der Waals surface area contributed by atoms with Gasteiger partial charge in [-0.15, -0.1) is 0 Å². The van der Waals surface area contributed by atoms with Crippen molar-refractivity contribution >= 4 is 28.9 Å². The van der Waals surface area contributed by atoms with Crippen LogP contribution in [0.5, 0.6) is 0 Å². The number of anilines is 2. The Labute approximate surface area is 202 Å². The summed E-state index contributed by atoms with van der Waals surface area (Å²) in [6.07, 6.45) is 0.989. The molecule has 1 aliphatic heterocycles. The van der Waals surface area contributed by atoms with E-state index in [9.17, 15) is 19.7 Å². The summed E-state index contributed by atoms with van der Waals surface area (Å²) in [5, 5.41) is 18.6. The fourth-order valence-electron chi connectivity index (χ4n) is 4.32. The van der Waals surface area contributed by atoms with Crippen LogP contribution in [-0.4, -0.2) is 46.3 Å². The Hall–Kier alpha value is -4.21. The lowest BCUT2D eigenvalue weighted by Crippen LogP contribution is -2.37. The second-order valence-corrected chi connectivity index (χ2v) is 8.46. The quantitative estimate of drug-likeness (QED) is 0.312. The van der Waals surface area contributed by atoms with Crippen molar-refractivity contribution in [3.8, 4) is 5.69 Å². The highest BCUT2D eigenvalue weighted by Crippen LogP contribution is 2.31. The minimum absolute atomic E-state index is 0.0476. The Morgan fingerprint density at radius 1 is 1.09 bits per heavy atom. The number of nitro benzene ring substituents is 1. The molecule has 0 atom stereocenters. The predicted molar refractivity (Wildman–Crippen MR) is 131 cm³/mol. The number of carbonyl (C=O) groups is 2. The van der Waals surface area contributed by atoms with E-state index in [1.165, 1.54) is 6.07 Å². The van der Waals surface area contributed by atoms with Gasteiger partial charge in [0.25, 0.3) is 11.6 Å². The molecule has 1 aromatic heterocycles. The zero-order chi connectivity index (χ0) is 24.9. The average Bonchev–Trinajstić information content (AvgIpc) is 3.16. The summed E-state index contributed by atoms with van der Waals surface area (Å²) in [6.45, 7) is 4.26. The lowest BCUT2D eigenvalue weighted by atomic mass is 9.96. The molecule has 182 valence electrons. The summed E-state index contributed by atoms with van der Waals surface area (Å²) in [4.78, 5) is 37.8. The van der Waals surface area contributed by atoms with Crippen molar-refractivity contribution in [3.63, 3.8) is 0 Å². The van der Waals surface area contributed by atoms with Crippen LogP contribution in [0.3, 0.4) is 0 Å². The van der Waals surface area contributed by atoms with Crippen molar-refractivity contribution in [1.29, 1.82) is 0 Å². The highest BCUT2D eigenvalue weighted by Gasteiger charge is 2.29. The van der Waals surface area contributed by atoms with E-state index >= 15 is 0 Å². The van der Waals surface area contributed by atoms with E-state index in [4.69, 9.17) is 4.74 Å². The van der Waals surface area contributed by atoms with E-state index in [1.807, 2.05) is 42.2 Å². The van der Waals surface area contributed by atoms with Crippen LogP contribution in [-0.2, 0) is 14.3 Å². The van der Waals surface area contributed by atoms with Crippen molar-refractivity contribution in [2.24, 2.45) is 5.92 Å². The van der Waals surface area contributed by atoms with Gasteiger partial charge in [0, 0.05) is 19.2 Å². The number of aromatic nitrogens is 2. The molecule has 0 saturated carbocycles. The van der Waals surface area contributed by atoms with Crippen LogP contribution in [0.15, 0.2) is 54.6 Å². The summed E-state index contributed by atoms with van der Waals surface area (Å²) in [7, 11) is 0. The molecule has 2 heterocycles. The molecule has 3 aromatic rings. The summed E-state index contributed by atoms with van der Waals surface area (Å²) in [6, 6.07) is 16.2. The van der Waals surface area contributed by atoms with Gasteiger partial charge >= 0.3 is 5.97 Å². The molecular weight excluding hydrogens is 450 g/mol. The van der Waals surface area contributed by atoms with E-state index in [1.54, 1.807) is 29.8 Å². The van der Waals surface area contributed by atoms with Crippen molar-refractivity contribution in [2.45, 2.75) is 26.7 Å². The third-order valence-electron chi connectivity index (χ3n) is 6.15. The zero-order valence-electron chi connectivity index (χ0n) is 19.6. The number of nitrogens with one attached hydrogen (secondary N) is 1. The topological polar surface area (TPSA) is 120 Å². The van der Waals surface area contributed by atoms with Crippen LogP contribution in [0.25, 0.3) is 5.69 Å². The minimum Gasteiger partial charge on any atom is -0.455 e. The standard InChI is InChI=1S/C25H27N5O5/c1-17-24(18(2)29(27-17)20-8-4-3-5-9-20)26-23(31)16-35-25(32)19-12-14-28(15-13-19)21-10-6-7-11-22(21)30(33)34/h3-11,19H,12-16H2,1-2H3,(H,26,31). The van der Waals surface area contributed by atoms with Gasteiger partial charge in [0.2, 0.25) is 0 Å². The summed E-state index contributed by atoms with van der Waals surface area (Å²) < 4.78 is 7.04. The van der Waals surface area contributed by atoms with Gasteiger partial charge in [-0.25, -0.2) is 4.68 Å². The predicted octanol–water partition coefficient (Wildman–Crippen LogP) is 3.80. The molecular formula is C25H27N5O5. The maximum absolute atomic E-state index is 12.6. The first-order valence-corrected chi connectivity index (χ1v) is 11.4. The van der Waals surface area contributed by atoms with Gasteiger partial charge in [0.05, 0.1) is 33.6 Å². The number of rotatable bonds is 7. The molecule has 0 unspecified atom stereocenters.